The van der Waals surface area contributed by atoms with Crippen molar-refractivity contribution in [2.24, 2.45) is 11.8 Å². The molecule has 1 aromatic rings. The van der Waals surface area contributed by atoms with Crippen molar-refractivity contribution in [1.82, 2.24) is 9.97 Å². The van der Waals surface area contributed by atoms with Gasteiger partial charge in [0.15, 0.2) is 0 Å². The first kappa shape index (κ1) is 14.1. The minimum Gasteiger partial charge on any atom is -0.473 e. The van der Waals surface area contributed by atoms with Crippen LogP contribution in [0.3, 0.4) is 0 Å². The lowest BCUT2D eigenvalue weighted by Gasteiger charge is -2.09. The molecule has 0 fully saturated rings. The Morgan fingerprint density at radius 1 is 1.50 bits per heavy atom. The van der Waals surface area contributed by atoms with Crippen molar-refractivity contribution in [1.29, 1.82) is 0 Å². The van der Waals surface area contributed by atoms with E-state index in [-0.39, 0.29) is 23.2 Å². The highest BCUT2D eigenvalue weighted by Gasteiger charge is 2.23. The van der Waals surface area contributed by atoms with Crippen LogP contribution in [0, 0.1) is 23.0 Å². The number of nitrogens with one attached hydrogen (secondary N) is 1. The third-order valence-electron chi connectivity index (χ3n) is 2.27. The maximum Gasteiger partial charge on any atom is 0.352 e. The Morgan fingerprint density at radius 2 is 2.17 bits per heavy atom. The van der Waals surface area contributed by atoms with Crippen LogP contribution in [0.25, 0.3) is 0 Å². The number of aryl methyl sites for hydroxylation is 1. The van der Waals surface area contributed by atoms with Crippen LogP contribution in [0.4, 0.5) is 11.6 Å². The van der Waals surface area contributed by atoms with Crippen LogP contribution in [-0.2, 0) is 0 Å². The molecule has 0 spiro atoms. The molecule has 0 aliphatic heterocycles. The van der Waals surface area contributed by atoms with Crippen LogP contribution in [0.1, 0.15) is 26.0 Å². The van der Waals surface area contributed by atoms with Crippen molar-refractivity contribution < 1.29 is 9.66 Å². The van der Waals surface area contributed by atoms with Crippen molar-refractivity contribution in [2.45, 2.75) is 27.2 Å². The summed E-state index contributed by atoms with van der Waals surface area (Å²) in [6, 6.07) is 0. The molecule has 0 amide bonds. The fraction of sp³-hybridized carbons (Fsp3) is 0.600. The van der Waals surface area contributed by atoms with Crippen molar-refractivity contribution in [3.05, 3.63) is 15.8 Å². The van der Waals surface area contributed by atoms with E-state index in [1.165, 1.54) is 6.92 Å². The SMILES string of the molecule is Cc1nc(NN)nc(OCCC(C)C)c1[N+](=O)[O-]. The average molecular weight is 255 g/mol. The third-order valence-corrected chi connectivity index (χ3v) is 2.27. The van der Waals surface area contributed by atoms with Gasteiger partial charge in [0, 0.05) is 0 Å². The van der Waals surface area contributed by atoms with Crippen LogP contribution in [0.15, 0.2) is 0 Å². The van der Waals surface area contributed by atoms with E-state index >= 15 is 0 Å². The normalized spacial score (nSPS) is 10.5. The van der Waals surface area contributed by atoms with Crippen LogP contribution in [0.5, 0.6) is 5.88 Å². The third kappa shape index (κ3) is 3.52. The zero-order valence-electron chi connectivity index (χ0n) is 10.6. The maximum atomic E-state index is 10.9. The molecule has 1 rings (SSSR count). The van der Waals surface area contributed by atoms with E-state index in [4.69, 9.17) is 10.6 Å². The van der Waals surface area contributed by atoms with Crippen LogP contribution < -0.4 is 16.0 Å². The summed E-state index contributed by atoms with van der Waals surface area (Å²) in [5.41, 5.74) is 2.24. The van der Waals surface area contributed by atoms with Crippen LogP contribution in [0.2, 0.25) is 0 Å². The van der Waals surface area contributed by atoms with Crippen molar-refractivity contribution >= 4 is 11.6 Å². The number of nitrogens with two attached hydrogens (primary N) is 1. The van der Waals surface area contributed by atoms with E-state index < -0.39 is 4.92 Å². The molecule has 0 saturated heterocycles. The molecular weight excluding hydrogens is 238 g/mol. The summed E-state index contributed by atoms with van der Waals surface area (Å²) in [4.78, 5) is 18.1. The number of nitrogen functional groups attached to an aromatic ring is 1. The van der Waals surface area contributed by atoms with Gasteiger partial charge in [-0.25, -0.2) is 10.8 Å². The summed E-state index contributed by atoms with van der Waals surface area (Å²) in [7, 11) is 0. The molecular formula is C10H17N5O3. The van der Waals surface area contributed by atoms with Crippen molar-refractivity contribution in [2.75, 3.05) is 12.0 Å². The molecule has 0 aliphatic carbocycles. The van der Waals surface area contributed by atoms with E-state index in [0.29, 0.717) is 12.5 Å². The lowest BCUT2D eigenvalue weighted by molar-refractivity contribution is -0.387. The van der Waals surface area contributed by atoms with E-state index in [0.717, 1.165) is 6.42 Å². The molecule has 0 saturated carbocycles. The molecule has 0 bridgehead atoms. The number of anilines is 1. The lowest BCUT2D eigenvalue weighted by atomic mass is 10.1. The van der Waals surface area contributed by atoms with E-state index in [1.54, 1.807) is 0 Å². The van der Waals surface area contributed by atoms with Gasteiger partial charge in [-0.1, -0.05) is 13.8 Å². The van der Waals surface area contributed by atoms with Crippen molar-refractivity contribution in [3.63, 3.8) is 0 Å². The number of nitrogens with zero attached hydrogens (tertiary/aromatic N) is 3. The second-order valence-electron chi connectivity index (χ2n) is 4.22. The molecule has 1 heterocycles. The Morgan fingerprint density at radius 3 is 2.67 bits per heavy atom. The standard InChI is InChI=1S/C10H17N5O3/c1-6(2)4-5-18-9-8(15(16)17)7(3)12-10(13-9)14-11/h6H,4-5,11H2,1-3H3,(H,12,13,14). The summed E-state index contributed by atoms with van der Waals surface area (Å²) in [5, 5.41) is 10.9. The van der Waals surface area contributed by atoms with Crippen LogP contribution >= 0.6 is 0 Å². The number of hydrogen-bond donors (Lipinski definition) is 2. The van der Waals surface area contributed by atoms with Gasteiger partial charge in [-0.3, -0.25) is 15.5 Å². The fourth-order valence-corrected chi connectivity index (χ4v) is 1.31. The maximum absolute atomic E-state index is 10.9. The zero-order chi connectivity index (χ0) is 13.7. The molecule has 18 heavy (non-hydrogen) atoms. The summed E-state index contributed by atoms with van der Waals surface area (Å²) in [5.74, 6) is 5.67. The van der Waals surface area contributed by atoms with E-state index in [1.807, 2.05) is 13.8 Å². The molecule has 0 atom stereocenters. The minimum absolute atomic E-state index is 0.0545. The summed E-state index contributed by atoms with van der Waals surface area (Å²) < 4.78 is 5.34. The first-order valence-electron chi connectivity index (χ1n) is 5.58. The Hall–Kier alpha value is -1.96. The minimum atomic E-state index is -0.555. The molecule has 0 radical (unpaired) electrons. The van der Waals surface area contributed by atoms with Gasteiger partial charge in [-0.15, -0.1) is 0 Å². The van der Waals surface area contributed by atoms with Gasteiger partial charge in [0.2, 0.25) is 5.95 Å². The number of rotatable bonds is 6. The van der Waals surface area contributed by atoms with Gasteiger partial charge < -0.3 is 4.74 Å². The van der Waals surface area contributed by atoms with E-state index in [9.17, 15) is 10.1 Å². The molecule has 100 valence electrons. The largest absolute Gasteiger partial charge is 0.473 e. The Labute approximate surface area is 105 Å². The van der Waals surface area contributed by atoms with Crippen LogP contribution in [-0.4, -0.2) is 21.5 Å². The number of nitro groups is 1. The topological polar surface area (TPSA) is 116 Å². The molecule has 0 aromatic carbocycles. The smallest absolute Gasteiger partial charge is 0.352 e. The molecule has 8 heteroatoms. The molecule has 1 aromatic heterocycles. The Kier molecular flexibility index (Phi) is 4.78. The number of ether oxygens (including phenoxy) is 1. The number of hydrogen-bond acceptors (Lipinski definition) is 7. The summed E-state index contributed by atoms with van der Waals surface area (Å²) >= 11 is 0. The average Bonchev–Trinajstić information content (AvgIpc) is 2.27. The molecule has 0 aliphatic rings. The number of hydrazine groups is 1. The Bertz CT molecular complexity index is 436. The summed E-state index contributed by atoms with van der Waals surface area (Å²) in [6.07, 6.45) is 0.783. The second-order valence-corrected chi connectivity index (χ2v) is 4.22. The summed E-state index contributed by atoms with van der Waals surface area (Å²) in [6.45, 7) is 5.95. The monoisotopic (exact) mass is 255 g/mol. The quantitative estimate of drug-likeness (QED) is 0.448. The van der Waals surface area contributed by atoms with Gasteiger partial charge in [0.25, 0.3) is 5.88 Å². The van der Waals surface area contributed by atoms with Gasteiger partial charge in [0.05, 0.1) is 11.5 Å². The first-order valence-corrected chi connectivity index (χ1v) is 5.58. The first-order chi connectivity index (χ1) is 8.45. The molecule has 0 unspecified atom stereocenters. The number of aromatic nitrogens is 2. The highest BCUT2D eigenvalue weighted by Crippen LogP contribution is 2.28. The molecule has 8 nitrogen and oxygen atoms in total. The van der Waals surface area contributed by atoms with Gasteiger partial charge in [-0.2, -0.15) is 4.98 Å². The predicted octanol–water partition coefficient (Wildman–Crippen LogP) is 1.40. The second kappa shape index (κ2) is 6.10. The van der Waals surface area contributed by atoms with Gasteiger partial charge in [-0.05, 0) is 19.3 Å². The Balaban J connectivity index is 2.98. The predicted molar refractivity (Wildman–Crippen MR) is 66.2 cm³/mol. The van der Waals surface area contributed by atoms with Crippen molar-refractivity contribution in [3.8, 4) is 5.88 Å². The fourth-order valence-electron chi connectivity index (χ4n) is 1.31. The highest BCUT2D eigenvalue weighted by atomic mass is 16.6. The zero-order valence-corrected chi connectivity index (χ0v) is 10.6. The van der Waals surface area contributed by atoms with Gasteiger partial charge >= 0.3 is 5.69 Å². The van der Waals surface area contributed by atoms with Gasteiger partial charge in [0.1, 0.15) is 5.69 Å². The highest BCUT2D eigenvalue weighted by molar-refractivity contribution is 5.48. The molecule has 3 N–H and O–H groups in total. The van der Waals surface area contributed by atoms with E-state index in [2.05, 4.69) is 15.4 Å². The lowest BCUT2D eigenvalue weighted by Crippen LogP contribution is -2.14.